The zero-order valence-corrected chi connectivity index (χ0v) is 7.16. The third-order valence-electron chi connectivity index (χ3n) is 1.50. The topological polar surface area (TPSA) is 69.6 Å². The SMILES string of the molecule is Cn1nnc(CC(C)(F)CN)n1. The molecule has 68 valence electrons. The summed E-state index contributed by atoms with van der Waals surface area (Å²) in [5.74, 6) is 0.382. The van der Waals surface area contributed by atoms with Gasteiger partial charge in [-0.3, -0.25) is 0 Å². The Kier molecular flexibility index (Phi) is 2.37. The van der Waals surface area contributed by atoms with Gasteiger partial charge in [0, 0.05) is 13.0 Å². The van der Waals surface area contributed by atoms with E-state index >= 15 is 0 Å². The van der Waals surface area contributed by atoms with Crippen LogP contribution in [0.4, 0.5) is 4.39 Å². The molecule has 0 radical (unpaired) electrons. The molecular formula is C6H12FN5. The van der Waals surface area contributed by atoms with Crippen LogP contribution in [0, 0.1) is 0 Å². The van der Waals surface area contributed by atoms with Gasteiger partial charge in [-0.1, -0.05) is 0 Å². The minimum atomic E-state index is -1.44. The summed E-state index contributed by atoms with van der Waals surface area (Å²) in [6.45, 7) is 1.38. The fourth-order valence-corrected chi connectivity index (χ4v) is 0.796. The van der Waals surface area contributed by atoms with Crippen molar-refractivity contribution in [3.05, 3.63) is 5.82 Å². The van der Waals surface area contributed by atoms with E-state index < -0.39 is 5.67 Å². The molecule has 5 nitrogen and oxygen atoms in total. The molecule has 1 aromatic rings. The lowest BCUT2D eigenvalue weighted by molar-refractivity contribution is 0.196. The minimum Gasteiger partial charge on any atom is -0.328 e. The van der Waals surface area contributed by atoms with Gasteiger partial charge in [-0.25, -0.2) is 4.39 Å². The van der Waals surface area contributed by atoms with Gasteiger partial charge in [-0.15, -0.1) is 10.2 Å². The van der Waals surface area contributed by atoms with Crippen molar-refractivity contribution in [2.75, 3.05) is 6.54 Å². The average molecular weight is 173 g/mol. The van der Waals surface area contributed by atoms with Crippen LogP contribution < -0.4 is 5.73 Å². The molecule has 1 aromatic heterocycles. The van der Waals surface area contributed by atoms with Crippen molar-refractivity contribution >= 4 is 0 Å². The van der Waals surface area contributed by atoms with Gasteiger partial charge >= 0.3 is 0 Å². The fourth-order valence-electron chi connectivity index (χ4n) is 0.796. The quantitative estimate of drug-likeness (QED) is 0.665. The number of nitrogens with two attached hydrogens (primary N) is 1. The second kappa shape index (κ2) is 3.14. The standard InChI is InChI=1S/C6H12FN5/c1-6(7,4-8)3-5-9-11-12(2)10-5/h3-4,8H2,1-2H3. The summed E-state index contributed by atoms with van der Waals surface area (Å²) in [7, 11) is 1.63. The van der Waals surface area contributed by atoms with Crippen LogP contribution in [0.15, 0.2) is 0 Å². The molecule has 0 saturated heterocycles. The zero-order valence-electron chi connectivity index (χ0n) is 7.16. The number of hydrogen-bond donors (Lipinski definition) is 1. The summed E-state index contributed by atoms with van der Waals surface area (Å²) < 4.78 is 13.3. The van der Waals surface area contributed by atoms with Crippen molar-refractivity contribution in [1.29, 1.82) is 0 Å². The van der Waals surface area contributed by atoms with Crippen LogP contribution in [-0.4, -0.2) is 32.4 Å². The van der Waals surface area contributed by atoms with E-state index in [0.29, 0.717) is 5.82 Å². The van der Waals surface area contributed by atoms with E-state index in [1.54, 1.807) is 7.05 Å². The van der Waals surface area contributed by atoms with Gasteiger partial charge in [0.05, 0.1) is 7.05 Å². The maximum Gasteiger partial charge on any atom is 0.178 e. The number of aromatic nitrogens is 4. The summed E-state index contributed by atoms with van der Waals surface area (Å²) in [4.78, 5) is 1.29. The van der Waals surface area contributed by atoms with Crippen LogP contribution in [0.5, 0.6) is 0 Å². The summed E-state index contributed by atoms with van der Waals surface area (Å²) in [5.41, 5.74) is 3.76. The number of rotatable bonds is 3. The summed E-state index contributed by atoms with van der Waals surface area (Å²) in [6.07, 6.45) is 0.108. The summed E-state index contributed by atoms with van der Waals surface area (Å²) >= 11 is 0. The average Bonchev–Trinajstić information content (AvgIpc) is 2.35. The van der Waals surface area contributed by atoms with E-state index in [4.69, 9.17) is 5.73 Å². The molecule has 6 heteroatoms. The lowest BCUT2D eigenvalue weighted by atomic mass is 10.1. The van der Waals surface area contributed by atoms with Gasteiger partial charge in [-0.05, 0) is 12.1 Å². The fraction of sp³-hybridized carbons (Fsp3) is 0.833. The van der Waals surface area contributed by atoms with Crippen LogP contribution in [0.3, 0.4) is 0 Å². The van der Waals surface area contributed by atoms with Crippen LogP contribution in [0.2, 0.25) is 0 Å². The molecule has 1 rings (SSSR count). The zero-order chi connectivity index (χ0) is 9.19. The van der Waals surface area contributed by atoms with E-state index in [2.05, 4.69) is 15.4 Å². The maximum atomic E-state index is 13.3. The number of tetrazole rings is 1. The van der Waals surface area contributed by atoms with Crippen LogP contribution in [0.25, 0.3) is 0 Å². The predicted molar refractivity (Wildman–Crippen MR) is 41.1 cm³/mol. The minimum absolute atomic E-state index is 0.0365. The highest BCUT2D eigenvalue weighted by atomic mass is 19.1. The van der Waals surface area contributed by atoms with E-state index in [1.807, 2.05) is 0 Å². The van der Waals surface area contributed by atoms with Crippen molar-refractivity contribution in [3.8, 4) is 0 Å². The highest BCUT2D eigenvalue weighted by Crippen LogP contribution is 2.12. The normalized spacial score (nSPS) is 16.0. The smallest absolute Gasteiger partial charge is 0.178 e. The Bertz CT molecular complexity index is 256. The summed E-state index contributed by atoms with van der Waals surface area (Å²) in [5, 5.41) is 11.1. The van der Waals surface area contributed by atoms with Crippen LogP contribution in [0.1, 0.15) is 12.7 Å². The summed E-state index contributed by atoms with van der Waals surface area (Å²) in [6, 6.07) is 0. The highest BCUT2D eigenvalue weighted by Gasteiger charge is 2.23. The molecule has 12 heavy (non-hydrogen) atoms. The maximum absolute atomic E-state index is 13.3. The van der Waals surface area contributed by atoms with Crippen molar-refractivity contribution in [2.24, 2.45) is 12.8 Å². The first-order valence-electron chi connectivity index (χ1n) is 3.65. The molecule has 1 unspecified atom stereocenters. The molecule has 0 amide bonds. The van der Waals surface area contributed by atoms with Crippen molar-refractivity contribution in [2.45, 2.75) is 19.0 Å². The molecule has 1 atom stereocenters. The molecule has 2 N–H and O–H groups in total. The van der Waals surface area contributed by atoms with E-state index in [9.17, 15) is 4.39 Å². The first kappa shape index (κ1) is 9.05. The largest absolute Gasteiger partial charge is 0.328 e. The van der Waals surface area contributed by atoms with Crippen molar-refractivity contribution in [1.82, 2.24) is 20.2 Å². The van der Waals surface area contributed by atoms with Crippen LogP contribution in [-0.2, 0) is 13.5 Å². The van der Waals surface area contributed by atoms with E-state index in [0.717, 1.165) is 0 Å². The lowest BCUT2D eigenvalue weighted by Crippen LogP contribution is -2.32. The number of halogens is 1. The number of aryl methyl sites for hydroxylation is 1. The third-order valence-corrected chi connectivity index (χ3v) is 1.50. The molecule has 0 aliphatic carbocycles. The van der Waals surface area contributed by atoms with Gasteiger partial charge in [0.1, 0.15) is 5.67 Å². The number of nitrogens with zero attached hydrogens (tertiary/aromatic N) is 4. The molecule has 0 aliphatic heterocycles. The monoisotopic (exact) mass is 173 g/mol. The Balaban J connectivity index is 2.63. The molecular weight excluding hydrogens is 161 g/mol. The van der Waals surface area contributed by atoms with Gasteiger partial charge in [0.25, 0.3) is 0 Å². The second-order valence-corrected chi connectivity index (χ2v) is 2.99. The van der Waals surface area contributed by atoms with Crippen molar-refractivity contribution < 1.29 is 4.39 Å². The van der Waals surface area contributed by atoms with Gasteiger partial charge in [-0.2, -0.15) is 4.80 Å². The first-order valence-corrected chi connectivity index (χ1v) is 3.65. The first-order chi connectivity index (χ1) is 5.53. The molecule has 0 aromatic carbocycles. The molecule has 0 aliphatic rings. The number of hydrogen-bond acceptors (Lipinski definition) is 4. The Morgan fingerprint density at radius 1 is 1.67 bits per heavy atom. The van der Waals surface area contributed by atoms with E-state index in [-0.39, 0.29) is 13.0 Å². The third kappa shape index (κ3) is 2.23. The molecule has 0 bridgehead atoms. The van der Waals surface area contributed by atoms with E-state index in [1.165, 1.54) is 11.7 Å². The Morgan fingerprint density at radius 2 is 2.33 bits per heavy atom. The van der Waals surface area contributed by atoms with Crippen molar-refractivity contribution in [3.63, 3.8) is 0 Å². The Hall–Kier alpha value is -1.04. The van der Waals surface area contributed by atoms with Gasteiger partial charge in [0.15, 0.2) is 5.82 Å². The van der Waals surface area contributed by atoms with Gasteiger partial charge < -0.3 is 5.73 Å². The molecule has 0 spiro atoms. The second-order valence-electron chi connectivity index (χ2n) is 2.99. The molecule has 1 heterocycles. The highest BCUT2D eigenvalue weighted by molar-refractivity contribution is 4.89. The van der Waals surface area contributed by atoms with Gasteiger partial charge in [0.2, 0.25) is 0 Å². The predicted octanol–water partition coefficient (Wildman–Crippen LogP) is -0.561. The Morgan fingerprint density at radius 3 is 2.75 bits per heavy atom. The lowest BCUT2D eigenvalue weighted by Gasteiger charge is -2.14. The molecule has 0 saturated carbocycles. The Labute approximate surface area is 69.7 Å². The molecule has 0 fully saturated rings. The number of alkyl halides is 1. The van der Waals surface area contributed by atoms with Crippen LogP contribution >= 0.6 is 0 Å².